The number of hydrogen-bond donors (Lipinski definition) is 1. The Kier molecular flexibility index (Phi) is 4.64. The molecule has 1 aliphatic heterocycles. The Morgan fingerprint density at radius 1 is 1.28 bits per heavy atom. The first kappa shape index (κ1) is 17.6. The fourth-order valence-corrected chi connectivity index (χ4v) is 3.26. The first-order chi connectivity index (χ1) is 11.8. The third-order valence-corrected chi connectivity index (χ3v) is 4.67. The Bertz CT molecular complexity index is 760. The molecule has 1 fully saturated rings. The molecule has 2 aromatic rings. The third-order valence-electron chi connectivity index (χ3n) is 4.67. The fourth-order valence-electron chi connectivity index (χ4n) is 3.26. The van der Waals surface area contributed by atoms with E-state index in [-0.39, 0.29) is 6.04 Å². The highest BCUT2D eigenvalue weighted by Crippen LogP contribution is 2.34. The monoisotopic (exact) mass is 346 g/mol. The smallest absolute Gasteiger partial charge is 0.221 e. The van der Waals surface area contributed by atoms with Crippen molar-refractivity contribution in [2.45, 2.75) is 52.2 Å². The highest BCUT2D eigenvalue weighted by Gasteiger charge is 2.38. The largest absolute Gasteiger partial charge is 0.481 e. The Morgan fingerprint density at radius 2 is 2.04 bits per heavy atom. The van der Waals surface area contributed by atoms with Crippen molar-refractivity contribution in [3.8, 4) is 5.88 Å². The van der Waals surface area contributed by atoms with Gasteiger partial charge in [0.2, 0.25) is 5.88 Å². The van der Waals surface area contributed by atoms with E-state index < -0.39 is 5.60 Å². The molecule has 1 atom stereocenters. The standard InChI is InChI=1S/C17H26N6O2/c1-11(2)23-9-14(20-21-23)17(24)7-6-8-22(10-17)15-12(3)16(25-5)19-13(4)18-15/h9,11,24H,6-8,10H2,1-5H3. The van der Waals surface area contributed by atoms with Crippen LogP contribution < -0.4 is 9.64 Å². The molecule has 1 N–H and O–H groups in total. The van der Waals surface area contributed by atoms with Crippen LogP contribution in [-0.4, -0.2) is 50.3 Å². The van der Waals surface area contributed by atoms with Gasteiger partial charge in [0.15, 0.2) is 0 Å². The fraction of sp³-hybridized carbons (Fsp3) is 0.647. The molecule has 136 valence electrons. The summed E-state index contributed by atoms with van der Waals surface area (Å²) in [7, 11) is 1.61. The number of β-amino-alcohol motifs (C(OH)–C–C–N with tert-alkyl or cyclic N) is 1. The molecular formula is C17H26N6O2. The molecule has 0 bridgehead atoms. The zero-order valence-corrected chi connectivity index (χ0v) is 15.5. The van der Waals surface area contributed by atoms with Gasteiger partial charge in [-0.1, -0.05) is 5.21 Å². The average Bonchev–Trinajstić information content (AvgIpc) is 3.08. The van der Waals surface area contributed by atoms with E-state index in [2.05, 4.69) is 25.2 Å². The van der Waals surface area contributed by atoms with E-state index in [1.807, 2.05) is 33.9 Å². The van der Waals surface area contributed by atoms with Crippen LogP contribution in [0.2, 0.25) is 0 Å². The molecule has 0 aromatic carbocycles. The van der Waals surface area contributed by atoms with Crippen molar-refractivity contribution >= 4 is 5.82 Å². The molecule has 8 heteroatoms. The summed E-state index contributed by atoms with van der Waals surface area (Å²) in [4.78, 5) is 11.0. The predicted octanol–water partition coefficient (Wildman–Crippen LogP) is 1.76. The number of rotatable bonds is 4. The lowest BCUT2D eigenvalue weighted by Crippen LogP contribution is -2.47. The lowest BCUT2D eigenvalue weighted by molar-refractivity contribution is 0.0173. The van der Waals surface area contributed by atoms with Gasteiger partial charge in [-0.05, 0) is 40.5 Å². The van der Waals surface area contributed by atoms with E-state index in [0.717, 1.165) is 24.3 Å². The van der Waals surface area contributed by atoms with Gasteiger partial charge in [0.25, 0.3) is 0 Å². The lowest BCUT2D eigenvalue weighted by Gasteiger charge is -2.39. The first-order valence-corrected chi connectivity index (χ1v) is 8.63. The number of aliphatic hydroxyl groups is 1. The van der Waals surface area contributed by atoms with Crippen LogP contribution in [0.1, 0.15) is 49.8 Å². The minimum absolute atomic E-state index is 0.209. The van der Waals surface area contributed by atoms with Crippen LogP contribution in [0.25, 0.3) is 0 Å². The van der Waals surface area contributed by atoms with Crippen molar-refractivity contribution in [1.82, 2.24) is 25.0 Å². The van der Waals surface area contributed by atoms with Gasteiger partial charge in [0, 0.05) is 12.6 Å². The molecule has 0 amide bonds. The van der Waals surface area contributed by atoms with Crippen molar-refractivity contribution in [1.29, 1.82) is 0 Å². The summed E-state index contributed by atoms with van der Waals surface area (Å²) in [5.74, 6) is 2.03. The lowest BCUT2D eigenvalue weighted by atomic mass is 9.90. The maximum Gasteiger partial charge on any atom is 0.221 e. The summed E-state index contributed by atoms with van der Waals surface area (Å²) < 4.78 is 7.13. The summed E-state index contributed by atoms with van der Waals surface area (Å²) in [6.07, 6.45) is 3.34. The van der Waals surface area contributed by atoms with Gasteiger partial charge < -0.3 is 14.7 Å². The van der Waals surface area contributed by atoms with E-state index in [1.54, 1.807) is 11.8 Å². The molecular weight excluding hydrogens is 320 g/mol. The number of hydrogen-bond acceptors (Lipinski definition) is 7. The van der Waals surface area contributed by atoms with Crippen LogP contribution in [0, 0.1) is 13.8 Å². The molecule has 1 unspecified atom stereocenters. The van der Waals surface area contributed by atoms with Gasteiger partial charge in [0.05, 0.1) is 25.4 Å². The first-order valence-electron chi connectivity index (χ1n) is 8.63. The molecule has 1 aliphatic rings. The summed E-state index contributed by atoms with van der Waals surface area (Å²) in [6.45, 7) is 9.10. The molecule has 3 heterocycles. The van der Waals surface area contributed by atoms with Crippen molar-refractivity contribution in [2.24, 2.45) is 0 Å². The van der Waals surface area contributed by atoms with E-state index >= 15 is 0 Å². The Labute approximate surface area is 147 Å². The summed E-state index contributed by atoms with van der Waals surface area (Å²) in [5.41, 5.74) is 0.452. The topological polar surface area (TPSA) is 89.2 Å². The zero-order valence-electron chi connectivity index (χ0n) is 15.5. The van der Waals surface area contributed by atoms with E-state index in [4.69, 9.17) is 4.74 Å². The van der Waals surface area contributed by atoms with E-state index in [1.165, 1.54) is 0 Å². The number of nitrogens with zero attached hydrogens (tertiary/aromatic N) is 6. The number of ether oxygens (including phenoxy) is 1. The van der Waals surface area contributed by atoms with Crippen molar-refractivity contribution in [3.05, 3.63) is 23.3 Å². The van der Waals surface area contributed by atoms with Crippen LogP contribution in [-0.2, 0) is 5.60 Å². The van der Waals surface area contributed by atoms with Crippen molar-refractivity contribution < 1.29 is 9.84 Å². The molecule has 0 radical (unpaired) electrons. The van der Waals surface area contributed by atoms with Gasteiger partial charge in [-0.3, -0.25) is 0 Å². The molecule has 0 saturated carbocycles. The molecule has 2 aromatic heterocycles. The molecule has 0 aliphatic carbocycles. The maximum absolute atomic E-state index is 11.2. The third kappa shape index (κ3) is 3.30. The maximum atomic E-state index is 11.2. The molecule has 1 saturated heterocycles. The highest BCUT2D eigenvalue weighted by atomic mass is 16.5. The van der Waals surface area contributed by atoms with Crippen LogP contribution >= 0.6 is 0 Å². The minimum atomic E-state index is -1.04. The quantitative estimate of drug-likeness (QED) is 0.902. The summed E-state index contributed by atoms with van der Waals surface area (Å²) in [5, 5.41) is 19.6. The molecule has 8 nitrogen and oxygen atoms in total. The number of aromatic nitrogens is 5. The summed E-state index contributed by atoms with van der Waals surface area (Å²) >= 11 is 0. The van der Waals surface area contributed by atoms with Crippen molar-refractivity contribution in [2.75, 3.05) is 25.1 Å². The second kappa shape index (κ2) is 6.59. The van der Waals surface area contributed by atoms with Gasteiger partial charge in [-0.25, -0.2) is 9.67 Å². The second-order valence-corrected chi connectivity index (χ2v) is 6.96. The normalized spacial score (nSPS) is 21.0. The van der Waals surface area contributed by atoms with E-state index in [9.17, 15) is 5.11 Å². The number of aryl methyl sites for hydroxylation is 1. The van der Waals surface area contributed by atoms with Crippen LogP contribution in [0.4, 0.5) is 5.82 Å². The van der Waals surface area contributed by atoms with Crippen LogP contribution in [0.5, 0.6) is 5.88 Å². The SMILES string of the molecule is COc1nc(C)nc(N2CCCC(O)(c3cn(C(C)C)nn3)C2)c1C. The Balaban J connectivity index is 1.91. The molecule has 0 spiro atoms. The van der Waals surface area contributed by atoms with Gasteiger partial charge >= 0.3 is 0 Å². The van der Waals surface area contributed by atoms with E-state index in [0.29, 0.717) is 30.4 Å². The minimum Gasteiger partial charge on any atom is -0.481 e. The van der Waals surface area contributed by atoms with Gasteiger partial charge in [0.1, 0.15) is 22.9 Å². The Morgan fingerprint density at radius 3 is 2.68 bits per heavy atom. The second-order valence-electron chi connectivity index (χ2n) is 6.96. The van der Waals surface area contributed by atoms with Gasteiger partial charge in [-0.15, -0.1) is 5.10 Å². The Hall–Kier alpha value is -2.22. The van der Waals surface area contributed by atoms with Crippen molar-refractivity contribution in [3.63, 3.8) is 0 Å². The van der Waals surface area contributed by atoms with Gasteiger partial charge in [-0.2, -0.15) is 4.98 Å². The van der Waals surface area contributed by atoms with Crippen LogP contribution in [0.3, 0.4) is 0 Å². The number of piperidine rings is 1. The average molecular weight is 346 g/mol. The zero-order chi connectivity index (χ0) is 18.2. The molecule has 3 rings (SSSR count). The van der Waals surface area contributed by atoms with Crippen LogP contribution in [0.15, 0.2) is 6.20 Å². The number of methoxy groups -OCH3 is 1. The number of anilines is 1. The molecule has 25 heavy (non-hydrogen) atoms. The predicted molar refractivity (Wildman–Crippen MR) is 93.8 cm³/mol. The summed E-state index contributed by atoms with van der Waals surface area (Å²) in [6, 6.07) is 0.209. The highest BCUT2D eigenvalue weighted by molar-refractivity contribution is 5.52.